The van der Waals surface area contributed by atoms with Gasteiger partial charge in [-0.05, 0) is 36.9 Å². The van der Waals surface area contributed by atoms with Crippen LogP contribution in [0, 0.1) is 5.92 Å². The molecule has 1 atom stereocenters. The Morgan fingerprint density at radius 2 is 1.91 bits per heavy atom. The van der Waals surface area contributed by atoms with Gasteiger partial charge < -0.3 is 14.4 Å². The van der Waals surface area contributed by atoms with Crippen molar-refractivity contribution in [3.63, 3.8) is 0 Å². The Labute approximate surface area is 140 Å². The van der Waals surface area contributed by atoms with Gasteiger partial charge in [-0.1, -0.05) is 24.3 Å². The van der Waals surface area contributed by atoms with Gasteiger partial charge >= 0.3 is 0 Å². The Kier molecular flexibility index (Phi) is 6.06. The lowest BCUT2D eigenvalue weighted by molar-refractivity contribution is -0.0372. The number of nitrogens with zero attached hydrogens (tertiary/aromatic N) is 2. The zero-order valence-corrected chi connectivity index (χ0v) is 14.5. The second-order valence-electron chi connectivity index (χ2n) is 7.14. The van der Waals surface area contributed by atoms with Crippen LogP contribution in [0.2, 0.25) is 0 Å². The normalized spacial score (nSPS) is 22.7. The van der Waals surface area contributed by atoms with Crippen LogP contribution in [-0.4, -0.2) is 62.8 Å². The van der Waals surface area contributed by atoms with Crippen molar-refractivity contribution in [3.8, 4) is 0 Å². The molecule has 4 nitrogen and oxygen atoms in total. The largest absolute Gasteiger partial charge is 0.380 e. The van der Waals surface area contributed by atoms with Crippen LogP contribution >= 0.6 is 0 Å². The SMILES string of the molecule is COCc1ccc(CN(CC2CC2)C[C@@H]2CN(C)CCO2)cc1. The van der Waals surface area contributed by atoms with E-state index in [0.29, 0.717) is 12.7 Å². The van der Waals surface area contributed by atoms with E-state index in [9.17, 15) is 0 Å². The second-order valence-corrected chi connectivity index (χ2v) is 7.14. The molecule has 0 spiro atoms. The summed E-state index contributed by atoms with van der Waals surface area (Å²) in [7, 11) is 3.93. The smallest absolute Gasteiger partial charge is 0.0829 e. The van der Waals surface area contributed by atoms with Gasteiger partial charge in [0.25, 0.3) is 0 Å². The third-order valence-corrected chi connectivity index (χ3v) is 4.76. The van der Waals surface area contributed by atoms with E-state index in [1.807, 2.05) is 0 Å². The molecular formula is C19H30N2O2. The highest BCUT2D eigenvalue weighted by Gasteiger charge is 2.27. The number of ether oxygens (including phenoxy) is 2. The molecule has 0 unspecified atom stereocenters. The van der Waals surface area contributed by atoms with Crippen LogP contribution in [0.4, 0.5) is 0 Å². The minimum absolute atomic E-state index is 0.347. The van der Waals surface area contributed by atoms with E-state index >= 15 is 0 Å². The third kappa shape index (κ3) is 5.57. The summed E-state index contributed by atoms with van der Waals surface area (Å²) in [5, 5.41) is 0. The summed E-state index contributed by atoms with van der Waals surface area (Å²) in [6.45, 7) is 6.93. The molecule has 2 aliphatic rings. The molecule has 1 aliphatic heterocycles. The maximum atomic E-state index is 5.97. The van der Waals surface area contributed by atoms with E-state index in [1.165, 1.54) is 30.5 Å². The Morgan fingerprint density at radius 3 is 2.57 bits per heavy atom. The number of benzene rings is 1. The fraction of sp³-hybridized carbons (Fsp3) is 0.684. The first-order chi connectivity index (χ1) is 11.2. The first-order valence-electron chi connectivity index (χ1n) is 8.82. The maximum Gasteiger partial charge on any atom is 0.0829 e. The molecule has 1 saturated carbocycles. The molecule has 0 radical (unpaired) electrons. The standard InChI is InChI=1S/C19H30N2O2/c1-20-9-10-23-19(13-20)14-21(11-16-3-4-16)12-17-5-7-18(8-6-17)15-22-2/h5-8,16,19H,3-4,9-15H2,1-2H3/t19-/m0/s1. The Morgan fingerprint density at radius 1 is 1.17 bits per heavy atom. The number of morpholine rings is 1. The zero-order valence-electron chi connectivity index (χ0n) is 14.5. The van der Waals surface area contributed by atoms with E-state index < -0.39 is 0 Å². The zero-order chi connectivity index (χ0) is 16.1. The van der Waals surface area contributed by atoms with E-state index in [0.717, 1.165) is 38.7 Å². The molecule has 0 amide bonds. The van der Waals surface area contributed by atoms with Crippen LogP contribution in [0.25, 0.3) is 0 Å². The van der Waals surface area contributed by atoms with Crippen LogP contribution in [-0.2, 0) is 22.6 Å². The topological polar surface area (TPSA) is 24.9 Å². The van der Waals surface area contributed by atoms with E-state index in [-0.39, 0.29) is 0 Å². The fourth-order valence-corrected chi connectivity index (χ4v) is 3.30. The molecule has 1 aromatic rings. The fourth-order valence-electron chi connectivity index (χ4n) is 3.30. The molecular weight excluding hydrogens is 288 g/mol. The Balaban J connectivity index is 1.56. The lowest BCUT2D eigenvalue weighted by Crippen LogP contribution is -2.46. The summed E-state index contributed by atoms with van der Waals surface area (Å²) in [5.41, 5.74) is 2.62. The Bertz CT molecular complexity index is 473. The van der Waals surface area contributed by atoms with Gasteiger partial charge in [0.15, 0.2) is 0 Å². The van der Waals surface area contributed by atoms with Gasteiger partial charge in [-0.15, -0.1) is 0 Å². The summed E-state index contributed by atoms with van der Waals surface area (Å²) in [6, 6.07) is 8.84. The van der Waals surface area contributed by atoms with Crippen LogP contribution in [0.1, 0.15) is 24.0 Å². The van der Waals surface area contributed by atoms with Crippen molar-refractivity contribution in [3.05, 3.63) is 35.4 Å². The van der Waals surface area contributed by atoms with E-state index in [1.54, 1.807) is 7.11 Å². The van der Waals surface area contributed by atoms with E-state index in [4.69, 9.17) is 9.47 Å². The molecule has 0 bridgehead atoms. The number of likely N-dealkylation sites (N-methyl/N-ethyl adjacent to an activating group) is 1. The van der Waals surface area contributed by atoms with E-state index in [2.05, 4.69) is 41.1 Å². The molecule has 0 aromatic heterocycles. The molecule has 0 N–H and O–H groups in total. The average Bonchev–Trinajstić information content (AvgIpc) is 3.33. The average molecular weight is 318 g/mol. The third-order valence-electron chi connectivity index (χ3n) is 4.76. The molecule has 1 aromatic carbocycles. The van der Waals surface area contributed by atoms with Crippen molar-refractivity contribution in [2.45, 2.75) is 32.1 Å². The van der Waals surface area contributed by atoms with Gasteiger partial charge in [-0.3, -0.25) is 4.90 Å². The molecule has 23 heavy (non-hydrogen) atoms. The maximum absolute atomic E-state index is 5.97. The molecule has 3 rings (SSSR count). The summed E-state index contributed by atoms with van der Waals surface area (Å²) in [5.74, 6) is 0.907. The summed E-state index contributed by atoms with van der Waals surface area (Å²) in [4.78, 5) is 4.97. The number of methoxy groups -OCH3 is 1. The van der Waals surface area contributed by atoms with Gasteiger partial charge in [0, 0.05) is 39.8 Å². The van der Waals surface area contributed by atoms with Crippen molar-refractivity contribution in [1.82, 2.24) is 9.80 Å². The van der Waals surface area contributed by atoms with Crippen LogP contribution in [0.15, 0.2) is 24.3 Å². The molecule has 1 aliphatic carbocycles. The van der Waals surface area contributed by atoms with Crippen LogP contribution < -0.4 is 0 Å². The lowest BCUT2D eigenvalue weighted by Gasteiger charge is -2.34. The first-order valence-corrected chi connectivity index (χ1v) is 8.82. The summed E-state index contributed by atoms with van der Waals surface area (Å²) < 4.78 is 11.2. The van der Waals surface area contributed by atoms with Gasteiger partial charge in [0.1, 0.15) is 0 Å². The van der Waals surface area contributed by atoms with Crippen molar-refractivity contribution in [2.24, 2.45) is 5.92 Å². The summed E-state index contributed by atoms with van der Waals surface area (Å²) in [6.07, 6.45) is 3.14. The molecule has 4 heteroatoms. The van der Waals surface area contributed by atoms with Gasteiger partial charge in [-0.25, -0.2) is 0 Å². The van der Waals surface area contributed by atoms with Crippen LogP contribution in [0.5, 0.6) is 0 Å². The molecule has 2 fully saturated rings. The molecule has 128 valence electrons. The quantitative estimate of drug-likeness (QED) is 0.735. The second kappa shape index (κ2) is 8.25. The van der Waals surface area contributed by atoms with Crippen molar-refractivity contribution >= 4 is 0 Å². The number of hydrogen-bond donors (Lipinski definition) is 0. The Hall–Kier alpha value is -0.940. The minimum Gasteiger partial charge on any atom is -0.380 e. The van der Waals surface area contributed by atoms with Gasteiger partial charge in [0.05, 0.1) is 19.3 Å². The highest BCUT2D eigenvalue weighted by molar-refractivity contribution is 5.22. The number of rotatable bonds is 8. The minimum atomic E-state index is 0.347. The van der Waals surface area contributed by atoms with Crippen molar-refractivity contribution in [2.75, 3.05) is 46.9 Å². The van der Waals surface area contributed by atoms with Crippen molar-refractivity contribution in [1.29, 1.82) is 0 Å². The van der Waals surface area contributed by atoms with Gasteiger partial charge in [-0.2, -0.15) is 0 Å². The van der Waals surface area contributed by atoms with Crippen LogP contribution in [0.3, 0.4) is 0 Å². The summed E-state index contributed by atoms with van der Waals surface area (Å²) >= 11 is 0. The highest BCUT2D eigenvalue weighted by Crippen LogP contribution is 2.30. The molecule has 1 saturated heterocycles. The predicted octanol–water partition coefficient (Wildman–Crippen LogP) is 2.38. The first kappa shape index (κ1) is 16.9. The van der Waals surface area contributed by atoms with Crippen molar-refractivity contribution < 1.29 is 9.47 Å². The van der Waals surface area contributed by atoms with Gasteiger partial charge in [0.2, 0.25) is 0 Å². The highest BCUT2D eigenvalue weighted by atomic mass is 16.5. The lowest BCUT2D eigenvalue weighted by atomic mass is 10.1. The monoisotopic (exact) mass is 318 g/mol. The predicted molar refractivity (Wildman–Crippen MR) is 92.4 cm³/mol. The molecule has 1 heterocycles. The number of hydrogen-bond acceptors (Lipinski definition) is 4.